The van der Waals surface area contributed by atoms with E-state index in [1.165, 1.54) is 22.8 Å². The largest absolute Gasteiger partial charge is 0.346 e. The standard InChI is InChI=1S/C19H14ClF2N5O/c1-10-16(7-12-4-5-23-17(12)24-10)25-19-26-18(28)15(22)9-27(19)8-11-2-3-14(21)13(20)6-11/h2-7,9H,8H2,1H3,(H,23,24)(H,25,26,28). The smallest absolute Gasteiger partial charge is 0.310 e. The van der Waals surface area contributed by atoms with Gasteiger partial charge in [-0.3, -0.25) is 4.79 Å². The lowest BCUT2D eigenvalue weighted by Gasteiger charge is -2.15. The summed E-state index contributed by atoms with van der Waals surface area (Å²) in [4.78, 5) is 23.0. The Morgan fingerprint density at radius 3 is 2.79 bits per heavy atom. The van der Waals surface area contributed by atoms with Gasteiger partial charge >= 0.3 is 5.56 Å². The molecule has 4 rings (SSSR count). The summed E-state index contributed by atoms with van der Waals surface area (Å²) in [6.07, 6.45) is 2.82. The van der Waals surface area contributed by atoms with Crippen molar-refractivity contribution in [1.82, 2.24) is 19.5 Å². The van der Waals surface area contributed by atoms with Crippen LogP contribution in [0.25, 0.3) is 11.0 Å². The molecule has 0 amide bonds. The SMILES string of the molecule is Cc1nc2[nH]ccc2cc1Nc1nc(=O)c(F)cn1Cc1ccc(F)c(Cl)c1. The molecule has 28 heavy (non-hydrogen) atoms. The van der Waals surface area contributed by atoms with Crippen molar-refractivity contribution in [1.29, 1.82) is 0 Å². The molecule has 0 aliphatic carbocycles. The van der Waals surface area contributed by atoms with Gasteiger partial charge in [0.05, 0.1) is 22.9 Å². The van der Waals surface area contributed by atoms with Crippen molar-refractivity contribution in [2.75, 3.05) is 5.32 Å². The number of anilines is 2. The minimum atomic E-state index is -0.991. The van der Waals surface area contributed by atoms with Crippen molar-refractivity contribution >= 4 is 34.3 Å². The average Bonchev–Trinajstić information content (AvgIpc) is 3.09. The van der Waals surface area contributed by atoms with E-state index in [0.717, 1.165) is 17.2 Å². The number of aromatic nitrogens is 4. The highest BCUT2D eigenvalue weighted by molar-refractivity contribution is 6.30. The summed E-state index contributed by atoms with van der Waals surface area (Å²) in [5, 5.41) is 3.87. The van der Waals surface area contributed by atoms with Crippen molar-refractivity contribution in [2.24, 2.45) is 0 Å². The summed E-state index contributed by atoms with van der Waals surface area (Å²) in [7, 11) is 0. The monoisotopic (exact) mass is 401 g/mol. The summed E-state index contributed by atoms with van der Waals surface area (Å²) < 4.78 is 28.7. The molecule has 0 spiro atoms. The number of halogens is 3. The van der Waals surface area contributed by atoms with Crippen molar-refractivity contribution in [3.05, 3.63) is 81.0 Å². The summed E-state index contributed by atoms with van der Waals surface area (Å²) in [5.74, 6) is -1.41. The Balaban J connectivity index is 1.74. The van der Waals surface area contributed by atoms with Crippen LogP contribution in [0.5, 0.6) is 0 Å². The number of benzene rings is 1. The normalized spacial score (nSPS) is 11.1. The van der Waals surface area contributed by atoms with E-state index in [1.54, 1.807) is 13.1 Å². The number of aryl methyl sites for hydroxylation is 1. The van der Waals surface area contributed by atoms with Gasteiger partial charge in [0.1, 0.15) is 11.5 Å². The molecule has 0 saturated heterocycles. The third kappa shape index (κ3) is 3.46. The van der Waals surface area contributed by atoms with E-state index in [-0.39, 0.29) is 17.5 Å². The molecule has 2 N–H and O–H groups in total. The molecule has 0 aliphatic heterocycles. The Morgan fingerprint density at radius 1 is 1.18 bits per heavy atom. The van der Waals surface area contributed by atoms with Gasteiger partial charge in [0, 0.05) is 17.8 Å². The number of hydrogen-bond acceptors (Lipinski definition) is 4. The molecule has 3 heterocycles. The van der Waals surface area contributed by atoms with Crippen LogP contribution in [0.4, 0.5) is 20.4 Å². The van der Waals surface area contributed by atoms with Gasteiger partial charge in [-0.15, -0.1) is 0 Å². The van der Waals surface area contributed by atoms with Crippen molar-refractivity contribution < 1.29 is 8.78 Å². The van der Waals surface area contributed by atoms with Crippen LogP contribution < -0.4 is 10.9 Å². The number of rotatable bonds is 4. The maximum atomic E-state index is 13.9. The van der Waals surface area contributed by atoms with Crippen LogP contribution >= 0.6 is 11.6 Å². The minimum Gasteiger partial charge on any atom is -0.346 e. The lowest BCUT2D eigenvalue weighted by Crippen LogP contribution is -2.20. The fourth-order valence-corrected chi connectivity index (χ4v) is 3.05. The predicted molar refractivity (Wildman–Crippen MR) is 103 cm³/mol. The number of aromatic amines is 1. The van der Waals surface area contributed by atoms with Gasteiger partial charge in [0.15, 0.2) is 0 Å². The average molecular weight is 402 g/mol. The Hall–Kier alpha value is -3.26. The van der Waals surface area contributed by atoms with Gasteiger partial charge in [0.2, 0.25) is 11.8 Å². The fraction of sp³-hybridized carbons (Fsp3) is 0.105. The zero-order valence-electron chi connectivity index (χ0n) is 14.6. The lowest BCUT2D eigenvalue weighted by atomic mass is 10.2. The number of pyridine rings is 1. The highest BCUT2D eigenvalue weighted by Crippen LogP contribution is 2.23. The Kier molecular flexibility index (Phi) is 4.56. The highest BCUT2D eigenvalue weighted by Gasteiger charge is 2.12. The molecule has 1 aromatic carbocycles. The van der Waals surface area contributed by atoms with Gasteiger partial charge < -0.3 is 14.9 Å². The molecule has 0 atom stereocenters. The van der Waals surface area contributed by atoms with Crippen LogP contribution in [0.15, 0.2) is 47.5 Å². The number of hydrogen-bond donors (Lipinski definition) is 2. The number of nitrogens with one attached hydrogen (secondary N) is 2. The van der Waals surface area contributed by atoms with Crippen LogP contribution in [0.1, 0.15) is 11.3 Å². The molecule has 4 aromatic rings. The number of nitrogens with zero attached hydrogens (tertiary/aromatic N) is 3. The van der Waals surface area contributed by atoms with Crippen LogP contribution in [-0.2, 0) is 6.54 Å². The maximum Gasteiger partial charge on any atom is 0.310 e. The second kappa shape index (κ2) is 7.05. The zero-order chi connectivity index (χ0) is 19.8. The first-order valence-corrected chi connectivity index (χ1v) is 8.71. The van der Waals surface area contributed by atoms with E-state index in [2.05, 4.69) is 20.3 Å². The van der Waals surface area contributed by atoms with Gasteiger partial charge in [-0.1, -0.05) is 17.7 Å². The Labute approximate surface area is 162 Å². The molecule has 0 aliphatic rings. The first-order valence-electron chi connectivity index (χ1n) is 8.33. The van der Waals surface area contributed by atoms with E-state index >= 15 is 0 Å². The quantitative estimate of drug-likeness (QED) is 0.538. The molecule has 0 radical (unpaired) electrons. The minimum absolute atomic E-state index is 0.0422. The van der Waals surface area contributed by atoms with Crippen LogP contribution in [0.2, 0.25) is 5.02 Å². The molecule has 9 heteroatoms. The van der Waals surface area contributed by atoms with Crippen LogP contribution in [0, 0.1) is 18.6 Å². The Morgan fingerprint density at radius 2 is 2.00 bits per heavy atom. The van der Waals surface area contributed by atoms with Crippen molar-refractivity contribution in [2.45, 2.75) is 13.5 Å². The fourth-order valence-electron chi connectivity index (χ4n) is 2.84. The van der Waals surface area contributed by atoms with Gasteiger partial charge in [-0.25, -0.2) is 9.37 Å². The van der Waals surface area contributed by atoms with E-state index in [1.807, 2.05) is 12.1 Å². The Bertz CT molecular complexity index is 1250. The molecular formula is C19H14ClF2N5O. The van der Waals surface area contributed by atoms with E-state index in [4.69, 9.17) is 11.6 Å². The summed E-state index contributed by atoms with van der Waals surface area (Å²) in [6, 6.07) is 7.90. The summed E-state index contributed by atoms with van der Waals surface area (Å²) in [5.41, 5.74) is 1.66. The highest BCUT2D eigenvalue weighted by atomic mass is 35.5. The van der Waals surface area contributed by atoms with Crippen LogP contribution in [-0.4, -0.2) is 19.5 Å². The second-order valence-electron chi connectivity index (χ2n) is 6.26. The van der Waals surface area contributed by atoms with Crippen molar-refractivity contribution in [3.8, 4) is 0 Å². The molecular weight excluding hydrogens is 388 g/mol. The molecule has 0 bridgehead atoms. The van der Waals surface area contributed by atoms with Gasteiger partial charge in [-0.05, 0) is 36.8 Å². The third-order valence-electron chi connectivity index (χ3n) is 4.26. The molecule has 0 fully saturated rings. The summed E-state index contributed by atoms with van der Waals surface area (Å²) >= 11 is 5.82. The lowest BCUT2D eigenvalue weighted by molar-refractivity contribution is 0.578. The third-order valence-corrected chi connectivity index (χ3v) is 4.55. The zero-order valence-corrected chi connectivity index (χ0v) is 15.4. The molecule has 6 nitrogen and oxygen atoms in total. The van der Waals surface area contributed by atoms with E-state index in [0.29, 0.717) is 16.9 Å². The predicted octanol–water partition coefficient (Wildman–Crippen LogP) is 4.15. The molecule has 3 aromatic heterocycles. The number of fused-ring (bicyclic) bond motifs is 1. The van der Waals surface area contributed by atoms with E-state index < -0.39 is 17.2 Å². The summed E-state index contributed by atoms with van der Waals surface area (Å²) in [6.45, 7) is 1.93. The number of H-pyrrole nitrogens is 1. The maximum absolute atomic E-state index is 13.9. The topological polar surface area (TPSA) is 75.6 Å². The van der Waals surface area contributed by atoms with Gasteiger partial charge in [-0.2, -0.15) is 9.37 Å². The second-order valence-corrected chi connectivity index (χ2v) is 6.66. The van der Waals surface area contributed by atoms with Crippen LogP contribution in [0.3, 0.4) is 0 Å². The first-order chi connectivity index (χ1) is 13.4. The van der Waals surface area contributed by atoms with E-state index in [9.17, 15) is 13.6 Å². The molecule has 142 valence electrons. The van der Waals surface area contributed by atoms with Gasteiger partial charge in [0.25, 0.3) is 0 Å². The molecule has 0 saturated carbocycles. The first kappa shape index (κ1) is 18.1. The van der Waals surface area contributed by atoms with Crippen molar-refractivity contribution in [3.63, 3.8) is 0 Å². The molecule has 0 unspecified atom stereocenters.